The number of pyridine rings is 1. The Morgan fingerprint density at radius 3 is 2.61 bits per heavy atom. The molecule has 2 unspecified atom stereocenters. The number of aromatic amines is 1. The summed E-state index contributed by atoms with van der Waals surface area (Å²) in [5, 5.41) is 0. The highest BCUT2D eigenvalue weighted by molar-refractivity contribution is 7.95. The van der Waals surface area contributed by atoms with Gasteiger partial charge in [-0.05, 0) is 43.9 Å². The number of H-pyrrole nitrogens is 1. The number of sulfonamides is 1. The molecule has 3 aromatic rings. The van der Waals surface area contributed by atoms with E-state index in [9.17, 15) is 13.6 Å². The van der Waals surface area contributed by atoms with Crippen LogP contribution in [0.3, 0.4) is 0 Å². The molecule has 2 aromatic heterocycles. The Morgan fingerprint density at radius 1 is 1.10 bits per heavy atom. The topological polar surface area (TPSA) is 105 Å². The fourth-order valence-electron chi connectivity index (χ4n) is 4.66. The van der Waals surface area contributed by atoms with E-state index in [0.29, 0.717) is 32.5 Å². The highest BCUT2D eigenvalue weighted by atomic mass is 32.3. The Labute approximate surface area is 182 Å². The zero-order chi connectivity index (χ0) is 21.4. The molecule has 0 bridgehead atoms. The van der Waals surface area contributed by atoms with E-state index in [1.807, 2.05) is 11.0 Å². The van der Waals surface area contributed by atoms with Crippen molar-refractivity contribution in [3.8, 4) is 0 Å². The van der Waals surface area contributed by atoms with Crippen LogP contribution in [-0.4, -0.2) is 60.3 Å². The largest absolute Gasteiger partial charge is 0.593 e. The van der Waals surface area contributed by atoms with Crippen LogP contribution in [0.1, 0.15) is 37.4 Å². The first-order valence-corrected chi connectivity index (χ1v) is 12.1. The molecule has 0 spiro atoms. The van der Waals surface area contributed by atoms with Gasteiger partial charge in [-0.15, -0.1) is 4.31 Å². The lowest BCUT2D eigenvalue weighted by atomic mass is 9.95. The number of amides is 1. The summed E-state index contributed by atoms with van der Waals surface area (Å²) in [5.41, 5.74) is 1.82. The number of likely N-dealkylation sites (tertiary alicyclic amines) is 1. The predicted molar refractivity (Wildman–Crippen MR) is 116 cm³/mol. The van der Waals surface area contributed by atoms with Crippen molar-refractivity contribution < 1.29 is 13.6 Å². The summed E-state index contributed by atoms with van der Waals surface area (Å²) < 4.78 is 27.6. The van der Waals surface area contributed by atoms with Crippen LogP contribution < -0.4 is 0 Å². The lowest BCUT2D eigenvalue weighted by Gasteiger charge is -2.35. The minimum atomic E-state index is -3.68. The van der Waals surface area contributed by atoms with Gasteiger partial charge in [-0.25, -0.2) is 4.98 Å². The van der Waals surface area contributed by atoms with Gasteiger partial charge in [0.2, 0.25) is 5.91 Å². The Kier molecular flexibility index (Phi) is 5.33. The van der Waals surface area contributed by atoms with Gasteiger partial charge in [0.05, 0.1) is 17.2 Å². The molecule has 2 aliphatic rings. The second-order valence-corrected chi connectivity index (χ2v) is 10.1. The molecule has 0 aliphatic carbocycles. The number of hydrogen-bond donors (Lipinski definition) is 1. The van der Waals surface area contributed by atoms with Crippen molar-refractivity contribution in [1.29, 1.82) is 0 Å². The van der Waals surface area contributed by atoms with Crippen LogP contribution in [0.2, 0.25) is 0 Å². The number of nitrogens with one attached hydrogen (secondary N) is 1. The maximum atomic E-state index is 13.3. The summed E-state index contributed by atoms with van der Waals surface area (Å²) in [5.74, 6) is 1.11. The highest BCUT2D eigenvalue weighted by Gasteiger charge is 2.45. The van der Waals surface area contributed by atoms with E-state index >= 15 is 0 Å². The van der Waals surface area contributed by atoms with Crippen LogP contribution in [0, 0.1) is 0 Å². The number of fused-ring (bicyclic) bond motifs is 1. The number of rotatable bonds is 4. The zero-order valence-electron chi connectivity index (χ0n) is 17.1. The number of benzene rings is 1. The van der Waals surface area contributed by atoms with Gasteiger partial charge in [-0.3, -0.25) is 9.78 Å². The SMILES string of the molecule is O=C(C1CCCN1[S+](=O)([O-])c1ccccc1)N1CCC(c2nc3ccncc3[nH]2)CC1. The average molecular weight is 440 g/mol. The molecule has 31 heavy (non-hydrogen) atoms. The van der Waals surface area contributed by atoms with Crippen LogP contribution in [0.25, 0.3) is 11.0 Å². The molecule has 9 heteroatoms. The monoisotopic (exact) mass is 439 g/mol. The lowest BCUT2D eigenvalue weighted by molar-refractivity contribution is -0.135. The second-order valence-electron chi connectivity index (χ2n) is 8.20. The molecule has 0 radical (unpaired) electrons. The normalized spacial score (nSPS) is 22.6. The van der Waals surface area contributed by atoms with Crippen LogP contribution in [0.4, 0.5) is 0 Å². The number of imidazole rings is 1. The van der Waals surface area contributed by atoms with Crippen LogP contribution in [0.15, 0.2) is 53.7 Å². The van der Waals surface area contributed by atoms with Gasteiger partial charge in [0, 0.05) is 31.7 Å². The smallest absolute Gasteiger partial charge is 0.244 e. The Morgan fingerprint density at radius 2 is 1.87 bits per heavy atom. The number of nitrogens with zero attached hydrogens (tertiary/aromatic N) is 4. The van der Waals surface area contributed by atoms with E-state index in [2.05, 4.69) is 15.0 Å². The fraction of sp³-hybridized carbons (Fsp3) is 0.409. The van der Waals surface area contributed by atoms with Crippen LogP contribution in [-0.2, 0) is 19.4 Å². The van der Waals surface area contributed by atoms with Gasteiger partial charge in [0.25, 0.3) is 0 Å². The molecule has 2 aliphatic heterocycles. The van der Waals surface area contributed by atoms with E-state index in [1.165, 1.54) is 4.31 Å². The van der Waals surface area contributed by atoms with Crippen molar-refractivity contribution in [2.75, 3.05) is 19.6 Å². The molecule has 2 fully saturated rings. The molecule has 1 N–H and O–H groups in total. The predicted octanol–water partition coefficient (Wildman–Crippen LogP) is 2.73. The Hall–Kier alpha value is -2.62. The molecule has 2 saturated heterocycles. The maximum absolute atomic E-state index is 13.3. The average Bonchev–Trinajstić information content (AvgIpc) is 3.47. The lowest BCUT2D eigenvalue weighted by Crippen LogP contribution is -2.51. The number of carbonyl (C=O) groups is 1. The molecular weight excluding hydrogens is 414 g/mol. The van der Waals surface area contributed by atoms with Crippen molar-refractivity contribution in [2.45, 2.75) is 42.5 Å². The first kappa shape index (κ1) is 20.3. The number of piperidine rings is 1. The van der Waals surface area contributed by atoms with Gasteiger partial charge in [0.1, 0.15) is 11.9 Å². The quantitative estimate of drug-likeness (QED) is 0.629. The summed E-state index contributed by atoms with van der Waals surface area (Å²) >= 11 is 0. The van der Waals surface area contributed by atoms with Gasteiger partial charge in [-0.1, -0.05) is 22.4 Å². The van der Waals surface area contributed by atoms with Crippen LogP contribution in [0.5, 0.6) is 0 Å². The first-order valence-electron chi connectivity index (χ1n) is 10.7. The van der Waals surface area contributed by atoms with Crippen LogP contribution >= 0.6 is 0 Å². The van der Waals surface area contributed by atoms with Gasteiger partial charge >= 0.3 is 0 Å². The van der Waals surface area contributed by atoms with E-state index in [0.717, 1.165) is 29.7 Å². The summed E-state index contributed by atoms with van der Waals surface area (Å²) in [6.45, 7) is 1.60. The molecule has 162 valence electrons. The Balaban J connectivity index is 1.27. The maximum Gasteiger partial charge on any atom is 0.244 e. The standard InChI is InChI=1S/C22H25N5O3S/c28-22(20-7-4-12-27(20)31(29,30)17-5-2-1-3-6-17)26-13-9-16(10-14-26)21-24-18-8-11-23-15-19(18)25-21/h1-3,5-6,8,11,15-16,20H,4,7,9-10,12-14H2,(H-,23,24,25,29,30). The number of hydrogen-bond acceptors (Lipinski definition) is 5. The number of aromatic nitrogens is 3. The molecule has 0 saturated carbocycles. The minimum absolute atomic E-state index is 0.0794. The third-order valence-electron chi connectivity index (χ3n) is 6.33. The highest BCUT2D eigenvalue weighted by Crippen LogP contribution is 2.33. The number of carbonyl (C=O) groups excluding carboxylic acids is 1. The fourth-order valence-corrected chi connectivity index (χ4v) is 6.33. The van der Waals surface area contributed by atoms with E-state index in [1.54, 1.807) is 42.7 Å². The van der Waals surface area contributed by atoms with Crippen molar-refractivity contribution in [1.82, 2.24) is 24.2 Å². The summed E-state index contributed by atoms with van der Waals surface area (Å²) in [6, 6.07) is 9.65. The van der Waals surface area contributed by atoms with Crippen molar-refractivity contribution >= 4 is 27.3 Å². The van der Waals surface area contributed by atoms with E-state index in [-0.39, 0.29) is 16.7 Å². The van der Waals surface area contributed by atoms with Gasteiger partial charge in [0.15, 0.2) is 15.3 Å². The third kappa shape index (κ3) is 3.77. The first-order chi connectivity index (χ1) is 15.0. The van der Waals surface area contributed by atoms with E-state index in [4.69, 9.17) is 0 Å². The summed E-state index contributed by atoms with van der Waals surface area (Å²) in [4.78, 5) is 27.5. The molecule has 1 amide bonds. The van der Waals surface area contributed by atoms with Crippen molar-refractivity contribution in [3.05, 3.63) is 54.6 Å². The van der Waals surface area contributed by atoms with Crippen molar-refractivity contribution in [2.24, 2.45) is 0 Å². The second kappa shape index (κ2) is 8.14. The zero-order valence-corrected chi connectivity index (χ0v) is 18.0. The molecule has 2 atom stereocenters. The van der Waals surface area contributed by atoms with Gasteiger partial charge in [-0.2, -0.15) is 0 Å². The molecule has 8 nitrogen and oxygen atoms in total. The van der Waals surface area contributed by atoms with E-state index < -0.39 is 16.4 Å². The summed E-state index contributed by atoms with van der Waals surface area (Å²) in [6.07, 6.45) is 6.37. The van der Waals surface area contributed by atoms with Crippen molar-refractivity contribution in [3.63, 3.8) is 0 Å². The molecule has 5 rings (SSSR count). The molecule has 4 heterocycles. The Bertz CT molecular complexity index is 1090. The molecular formula is C22H25N5O3S. The minimum Gasteiger partial charge on any atom is -0.593 e. The van der Waals surface area contributed by atoms with Gasteiger partial charge < -0.3 is 14.4 Å². The molecule has 1 aromatic carbocycles. The summed E-state index contributed by atoms with van der Waals surface area (Å²) in [7, 11) is -3.68. The third-order valence-corrected chi connectivity index (χ3v) is 8.26.